The molecule has 1 aromatic carbocycles. The zero-order chi connectivity index (χ0) is 16.3. The van der Waals surface area contributed by atoms with E-state index < -0.39 is 0 Å². The summed E-state index contributed by atoms with van der Waals surface area (Å²) in [6, 6.07) is 9.00. The van der Waals surface area contributed by atoms with E-state index in [9.17, 15) is 9.59 Å². The molecule has 2 rings (SSSR count). The summed E-state index contributed by atoms with van der Waals surface area (Å²) in [6.07, 6.45) is 0.666. The highest BCUT2D eigenvalue weighted by Crippen LogP contribution is 2.25. The third-order valence-electron chi connectivity index (χ3n) is 4.42. The van der Waals surface area contributed by atoms with Gasteiger partial charge in [-0.15, -0.1) is 0 Å². The van der Waals surface area contributed by atoms with Crippen molar-refractivity contribution in [2.75, 3.05) is 18.0 Å². The molecule has 0 saturated carbocycles. The molecule has 3 unspecified atom stereocenters. The van der Waals surface area contributed by atoms with Gasteiger partial charge >= 0.3 is 0 Å². The summed E-state index contributed by atoms with van der Waals surface area (Å²) >= 11 is 0. The number of rotatable bonds is 5. The van der Waals surface area contributed by atoms with Gasteiger partial charge in [0.15, 0.2) is 0 Å². The van der Waals surface area contributed by atoms with Crippen molar-refractivity contribution in [1.29, 1.82) is 0 Å². The van der Waals surface area contributed by atoms with Gasteiger partial charge in [0, 0.05) is 24.8 Å². The number of amides is 2. The Morgan fingerprint density at radius 3 is 2.55 bits per heavy atom. The Morgan fingerprint density at radius 1 is 1.36 bits per heavy atom. The van der Waals surface area contributed by atoms with Gasteiger partial charge in [-0.2, -0.15) is 0 Å². The smallest absolute Gasteiger partial charge is 0.249 e. The maximum Gasteiger partial charge on any atom is 0.249 e. The Balaban J connectivity index is 2.15. The molecular weight excluding hydrogens is 278 g/mol. The highest BCUT2D eigenvalue weighted by molar-refractivity contribution is 6.01. The fraction of sp³-hybridized carbons (Fsp3) is 0.529. The Kier molecular flexibility index (Phi) is 5.19. The fourth-order valence-corrected chi connectivity index (χ4v) is 2.83. The van der Waals surface area contributed by atoms with Crippen molar-refractivity contribution in [1.82, 2.24) is 4.90 Å². The van der Waals surface area contributed by atoms with E-state index in [0.29, 0.717) is 19.5 Å². The van der Waals surface area contributed by atoms with Crippen LogP contribution in [0.3, 0.4) is 0 Å². The lowest BCUT2D eigenvalue weighted by Crippen LogP contribution is -2.49. The number of likely N-dealkylation sites (N-methyl/N-ethyl adjacent to an activating group) is 1. The van der Waals surface area contributed by atoms with E-state index in [0.717, 1.165) is 5.69 Å². The number of nitrogens with two attached hydrogens (primary N) is 1. The van der Waals surface area contributed by atoms with Crippen LogP contribution >= 0.6 is 0 Å². The molecule has 5 nitrogen and oxygen atoms in total. The highest BCUT2D eigenvalue weighted by atomic mass is 16.2. The van der Waals surface area contributed by atoms with Crippen LogP contribution in [0.15, 0.2) is 30.3 Å². The lowest BCUT2D eigenvalue weighted by atomic mass is 10.0. The number of nitrogens with zero attached hydrogens (tertiary/aromatic N) is 2. The molecule has 5 heteroatoms. The number of para-hydroxylation sites is 1. The third-order valence-corrected chi connectivity index (χ3v) is 4.42. The monoisotopic (exact) mass is 303 g/mol. The predicted molar refractivity (Wildman–Crippen MR) is 87.4 cm³/mol. The van der Waals surface area contributed by atoms with E-state index in [1.165, 1.54) is 0 Å². The standard InChI is InChI=1S/C17H25N3O2/c1-4-19(16(21)12(2)13(3)18)15-10-11-20(17(15)22)14-8-6-5-7-9-14/h5-9,12-13,15H,4,10-11,18H2,1-3H3. The molecule has 120 valence electrons. The number of benzene rings is 1. The second-order valence-corrected chi connectivity index (χ2v) is 5.90. The number of hydrogen-bond acceptors (Lipinski definition) is 3. The van der Waals surface area contributed by atoms with Crippen LogP contribution in [0.5, 0.6) is 0 Å². The van der Waals surface area contributed by atoms with Crippen LogP contribution in [-0.4, -0.2) is 41.9 Å². The first kappa shape index (κ1) is 16.5. The van der Waals surface area contributed by atoms with Crippen molar-refractivity contribution >= 4 is 17.5 Å². The van der Waals surface area contributed by atoms with Gasteiger partial charge < -0.3 is 15.5 Å². The molecule has 1 fully saturated rings. The minimum absolute atomic E-state index is 0.00160. The van der Waals surface area contributed by atoms with E-state index in [4.69, 9.17) is 5.73 Å². The van der Waals surface area contributed by atoms with Gasteiger partial charge in [-0.3, -0.25) is 9.59 Å². The maximum atomic E-state index is 12.7. The quantitative estimate of drug-likeness (QED) is 0.899. The molecule has 0 spiro atoms. The van der Waals surface area contributed by atoms with E-state index >= 15 is 0 Å². The average molecular weight is 303 g/mol. The second kappa shape index (κ2) is 6.92. The largest absolute Gasteiger partial charge is 0.331 e. The van der Waals surface area contributed by atoms with Crippen molar-refractivity contribution in [2.45, 2.75) is 39.3 Å². The summed E-state index contributed by atoms with van der Waals surface area (Å²) < 4.78 is 0. The van der Waals surface area contributed by atoms with Crippen LogP contribution < -0.4 is 10.6 Å². The molecule has 3 atom stereocenters. The number of carbonyl (C=O) groups excluding carboxylic acids is 2. The van der Waals surface area contributed by atoms with E-state index in [-0.39, 0.29) is 29.8 Å². The van der Waals surface area contributed by atoms with Crippen molar-refractivity contribution < 1.29 is 9.59 Å². The minimum Gasteiger partial charge on any atom is -0.331 e. The van der Waals surface area contributed by atoms with Gasteiger partial charge in [-0.1, -0.05) is 25.1 Å². The summed E-state index contributed by atoms with van der Waals surface area (Å²) in [7, 11) is 0. The van der Waals surface area contributed by atoms with Gasteiger partial charge in [0.2, 0.25) is 11.8 Å². The molecule has 1 saturated heterocycles. The highest BCUT2D eigenvalue weighted by Gasteiger charge is 2.39. The lowest BCUT2D eigenvalue weighted by molar-refractivity contribution is -0.141. The Bertz CT molecular complexity index is 530. The molecular formula is C17H25N3O2. The summed E-state index contributed by atoms with van der Waals surface area (Å²) in [6.45, 7) is 6.72. The molecule has 22 heavy (non-hydrogen) atoms. The normalized spacial score (nSPS) is 20.8. The van der Waals surface area contributed by atoms with E-state index in [1.54, 1.807) is 9.80 Å². The van der Waals surface area contributed by atoms with Crippen molar-refractivity contribution in [3.8, 4) is 0 Å². The van der Waals surface area contributed by atoms with Gasteiger partial charge in [0.05, 0.1) is 5.92 Å². The van der Waals surface area contributed by atoms with Crippen LogP contribution in [0.4, 0.5) is 5.69 Å². The zero-order valence-electron chi connectivity index (χ0n) is 13.5. The molecule has 1 aromatic rings. The van der Waals surface area contributed by atoms with Gasteiger partial charge in [-0.05, 0) is 32.4 Å². The van der Waals surface area contributed by atoms with Crippen molar-refractivity contribution in [3.05, 3.63) is 30.3 Å². The van der Waals surface area contributed by atoms with Gasteiger partial charge in [0.1, 0.15) is 6.04 Å². The maximum absolute atomic E-state index is 12.7. The summed E-state index contributed by atoms with van der Waals surface area (Å²) in [5.74, 6) is -0.317. The predicted octanol–water partition coefficient (Wildman–Crippen LogP) is 1.62. The summed E-state index contributed by atoms with van der Waals surface area (Å²) in [5, 5.41) is 0. The van der Waals surface area contributed by atoms with Crippen LogP contribution in [0.2, 0.25) is 0 Å². The Hall–Kier alpha value is -1.88. The number of carbonyl (C=O) groups is 2. The molecule has 2 amide bonds. The molecule has 0 aliphatic carbocycles. The molecule has 0 aromatic heterocycles. The fourth-order valence-electron chi connectivity index (χ4n) is 2.83. The van der Waals surface area contributed by atoms with Crippen LogP contribution in [0, 0.1) is 5.92 Å². The molecule has 0 bridgehead atoms. The molecule has 1 heterocycles. The van der Waals surface area contributed by atoms with Crippen LogP contribution in [0.1, 0.15) is 27.2 Å². The average Bonchev–Trinajstić information content (AvgIpc) is 2.89. The van der Waals surface area contributed by atoms with Gasteiger partial charge in [0.25, 0.3) is 0 Å². The SMILES string of the molecule is CCN(C(=O)C(C)C(C)N)C1CCN(c2ccccc2)C1=O. The van der Waals surface area contributed by atoms with Crippen molar-refractivity contribution in [3.63, 3.8) is 0 Å². The molecule has 2 N–H and O–H groups in total. The Labute approximate surface area is 132 Å². The Morgan fingerprint density at radius 2 is 2.00 bits per heavy atom. The molecule has 1 aliphatic rings. The van der Waals surface area contributed by atoms with E-state index in [1.807, 2.05) is 51.1 Å². The molecule has 0 radical (unpaired) electrons. The summed E-state index contributed by atoms with van der Waals surface area (Å²) in [4.78, 5) is 28.7. The molecule has 1 aliphatic heterocycles. The topological polar surface area (TPSA) is 66.6 Å². The third kappa shape index (κ3) is 3.14. The first-order valence-corrected chi connectivity index (χ1v) is 7.89. The second-order valence-electron chi connectivity index (χ2n) is 5.90. The number of hydrogen-bond donors (Lipinski definition) is 1. The summed E-state index contributed by atoms with van der Waals surface area (Å²) in [5.41, 5.74) is 6.73. The van der Waals surface area contributed by atoms with Crippen LogP contribution in [0.25, 0.3) is 0 Å². The first-order valence-electron chi connectivity index (χ1n) is 7.89. The minimum atomic E-state index is -0.376. The number of anilines is 1. The zero-order valence-corrected chi connectivity index (χ0v) is 13.5. The van der Waals surface area contributed by atoms with Crippen LogP contribution in [-0.2, 0) is 9.59 Å². The first-order chi connectivity index (χ1) is 10.5. The van der Waals surface area contributed by atoms with Crippen molar-refractivity contribution in [2.24, 2.45) is 11.7 Å². The van der Waals surface area contributed by atoms with E-state index in [2.05, 4.69) is 0 Å². The van der Waals surface area contributed by atoms with Gasteiger partial charge in [-0.25, -0.2) is 0 Å². The lowest BCUT2D eigenvalue weighted by Gasteiger charge is -2.30.